The van der Waals surface area contributed by atoms with Crippen molar-refractivity contribution in [3.63, 3.8) is 0 Å². The zero-order valence-electron chi connectivity index (χ0n) is 25.3. The predicted molar refractivity (Wildman–Crippen MR) is 184 cm³/mol. The van der Waals surface area contributed by atoms with E-state index < -0.39 is 0 Å². The van der Waals surface area contributed by atoms with Crippen molar-refractivity contribution in [1.29, 1.82) is 5.26 Å². The molecule has 7 aromatic rings. The summed E-state index contributed by atoms with van der Waals surface area (Å²) in [6, 6.07) is 51.0. The van der Waals surface area contributed by atoms with E-state index in [4.69, 9.17) is 14.8 Å². The highest BCUT2D eigenvalue weighted by molar-refractivity contribution is 5.97. The van der Waals surface area contributed by atoms with E-state index in [1.165, 1.54) is 0 Å². The Balaban J connectivity index is 1.30. The number of ether oxygens (including phenoxy) is 1. The van der Waals surface area contributed by atoms with Crippen molar-refractivity contribution in [1.82, 2.24) is 14.8 Å². The van der Waals surface area contributed by atoms with Crippen LogP contribution >= 0.6 is 0 Å². The van der Waals surface area contributed by atoms with E-state index in [0.717, 1.165) is 33.5 Å². The van der Waals surface area contributed by atoms with Gasteiger partial charge in [-0.3, -0.25) is 4.79 Å². The van der Waals surface area contributed by atoms with Crippen LogP contribution in [0.3, 0.4) is 0 Å². The highest BCUT2D eigenvalue weighted by Gasteiger charge is 2.23. The molecule has 224 valence electrons. The van der Waals surface area contributed by atoms with E-state index in [-0.39, 0.29) is 23.8 Å². The minimum atomic E-state index is -0.279. The van der Waals surface area contributed by atoms with E-state index >= 15 is 0 Å². The summed E-state index contributed by atoms with van der Waals surface area (Å²) in [5.74, 6) is -0.131. The molecule has 0 N–H and O–H groups in total. The van der Waals surface area contributed by atoms with Crippen LogP contribution < -0.4 is 4.74 Å². The van der Waals surface area contributed by atoms with E-state index in [1.807, 2.05) is 150 Å². The minimum absolute atomic E-state index is 0.0876. The van der Waals surface area contributed by atoms with Gasteiger partial charge in [0.1, 0.15) is 17.3 Å². The largest absolute Gasteiger partial charge is 0.468 e. The molecule has 5 aromatic carbocycles. The molecule has 0 saturated carbocycles. The third-order valence-corrected chi connectivity index (χ3v) is 7.89. The number of hydrogen-bond donors (Lipinski definition) is 0. The van der Waals surface area contributed by atoms with Crippen molar-refractivity contribution in [3.8, 4) is 62.4 Å². The van der Waals surface area contributed by atoms with Crippen molar-refractivity contribution in [2.75, 3.05) is 6.61 Å². The van der Waals surface area contributed by atoms with Crippen LogP contribution in [0.1, 0.15) is 15.9 Å². The molecular weight excluding hydrogens is 580 g/mol. The number of ketones is 1. The molecule has 6 nitrogen and oxygen atoms in total. The summed E-state index contributed by atoms with van der Waals surface area (Å²) in [6.07, 6.45) is 1.92. The van der Waals surface area contributed by atoms with Gasteiger partial charge in [0.15, 0.2) is 12.4 Å². The summed E-state index contributed by atoms with van der Waals surface area (Å²) >= 11 is 0. The molecule has 0 aliphatic rings. The lowest BCUT2D eigenvalue weighted by atomic mass is 9.96. The number of pyridine rings is 1. The number of para-hydroxylation sites is 1. The summed E-state index contributed by atoms with van der Waals surface area (Å²) in [4.78, 5) is 18.1. The summed E-state index contributed by atoms with van der Waals surface area (Å²) in [6.45, 7) is -0.279. The van der Waals surface area contributed by atoms with Crippen LogP contribution in [-0.2, 0) is 0 Å². The maximum Gasteiger partial charge on any atom is 0.233 e. The number of benzene rings is 5. The van der Waals surface area contributed by atoms with Gasteiger partial charge in [0, 0.05) is 34.0 Å². The summed E-state index contributed by atoms with van der Waals surface area (Å²) in [5.41, 5.74) is 8.12. The first-order valence-electron chi connectivity index (χ1n) is 15.2. The quantitative estimate of drug-likeness (QED) is 0.153. The van der Waals surface area contributed by atoms with E-state index in [1.54, 1.807) is 12.1 Å². The number of nitriles is 1. The van der Waals surface area contributed by atoms with Crippen LogP contribution in [0, 0.1) is 11.3 Å². The van der Waals surface area contributed by atoms with E-state index in [2.05, 4.69) is 6.07 Å². The first kappa shape index (κ1) is 29.1. The van der Waals surface area contributed by atoms with E-state index in [0.29, 0.717) is 22.5 Å². The summed E-state index contributed by atoms with van der Waals surface area (Å²) in [5, 5.41) is 15.5. The molecule has 0 amide bonds. The predicted octanol–water partition coefficient (Wildman–Crippen LogP) is 9.07. The standard InChI is InChI=1S/C41H28N4O2/c42-26-36-35(37-27-45(34-19-11-4-12-20-34)44-40(37)33-17-9-3-10-18-33)25-38(31-15-7-2-8-16-31)43-41(36)47-28-39(46)32-23-21-30(22-24-32)29-13-5-1-6-14-29/h1-25,27H,28H2. The molecule has 0 radical (unpaired) electrons. The highest BCUT2D eigenvalue weighted by Crippen LogP contribution is 2.39. The summed E-state index contributed by atoms with van der Waals surface area (Å²) in [7, 11) is 0. The van der Waals surface area contributed by atoms with Gasteiger partial charge >= 0.3 is 0 Å². The molecule has 0 spiro atoms. The van der Waals surface area contributed by atoms with Crippen molar-refractivity contribution < 1.29 is 9.53 Å². The number of carbonyl (C=O) groups is 1. The number of Topliss-reactive ketones (excluding diaryl/α,β-unsaturated/α-hetero) is 1. The van der Waals surface area contributed by atoms with Gasteiger partial charge in [-0.05, 0) is 29.3 Å². The first-order valence-corrected chi connectivity index (χ1v) is 15.2. The van der Waals surface area contributed by atoms with Crippen molar-refractivity contribution in [3.05, 3.63) is 169 Å². The van der Waals surface area contributed by atoms with Gasteiger partial charge in [0.05, 0.1) is 11.4 Å². The molecule has 0 aliphatic carbocycles. The fourth-order valence-electron chi connectivity index (χ4n) is 5.49. The van der Waals surface area contributed by atoms with Crippen LogP contribution in [0.5, 0.6) is 5.88 Å². The molecule has 7 rings (SSSR count). The Morgan fingerprint density at radius 1 is 0.660 bits per heavy atom. The highest BCUT2D eigenvalue weighted by atomic mass is 16.5. The smallest absolute Gasteiger partial charge is 0.233 e. The minimum Gasteiger partial charge on any atom is -0.468 e. The SMILES string of the molecule is N#Cc1c(-c2cn(-c3ccccc3)nc2-c2ccccc2)cc(-c2ccccc2)nc1OCC(=O)c1ccc(-c2ccccc2)cc1. The van der Waals surface area contributed by atoms with Crippen molar-refractivity contribution in [2.24, 2.45) is 0 Å². The Hall–Kier alpha value is -6.58. The molecule has 0 saturated heterocycles. The maximum absolute atomic E-state index is 13.3. The molecule has 2 heterocycles. The second-order valence-corrected chi connectivity index (χ2v) is 10.9. The molecule has 0 unspecified atom stereocenters. The lowest BCUT2D eigenvalue weighted by Gasteiger charge is -2.13. The Kier molecular flexibility index (Phi) is 8.18. The lowest BCUT2D eigenvalue weighted by Crippen LogP contribution is -2.13. The van der Waals surface area contributed by atoms with Crippen LogP contribution in [0.15, 0.2) is 158 Å². The second kappa shape index (κ2) is 13.2. The van der Waals surface area contributed by atoms with Gasteiger partial charge in [-0.25, -0.2) is 9.67 Å². The second-order valence-electron chi connectivity index (χ2n) is 10.9. The third kappa shape index (κ3) is 6.19. The molecular formula is C41H28N4O2. The summed E-state index contributed by atoms with van der Waals surface area (Å²) < 4.78 is 7.92. The number of aromatic nitrogens is 3. The fourth-order valence-corrected chi connectivity index (χ4v) is 5.49. The van der Waals surface area contributed by atoms with Gasteiger partial charge in [0.2, 0.25) is 5.88 Å². The third-order valence-electron chi connectivity index (χ3n) is 7.89. The normalized spacial score (nSPS) is 10.7. The van der Waals surface area contributed by atoms with Gasteiger partial charge in [-0.15, -0.1) is 0 Å². The molecule has 47 heavy (non-hydrogen) atoms. The molecule has 0 fully saturated rings. The van der Waals surface area contributed by atoms with Crippen molar-refractivity contribution in [2.45, 2.75) is 0 Å². The topological polar surface area (TPSA) is 80.8 Å². The number of nitrogens with zero attached hydrogens (tertiary/aromatic N) is 4. The maximum atomic E-state index is 13.3. The number of carbonyl (C=O) groups excluding carboxylic acids is 1. The van der Waals surface area contributed by atoms with Crippen molar-refractivity contribution >= 4 is 5.78 Å². The molecule has 0 aliphatic heterocycles. The molecule has 0 atom stereocenters. The average molecular weight is 609 g/mol. The fraction of sp³-hybridized carbons (Fsp3) is 0.0244. The van der Waals surface area contributed by atoms with Gasteiger partial charge in [-0.1, -0.05) is 133 Å². The lowest BCUT2D eigenvalue weighted by molar-refractivity contribution is 0.0918. The average Bonchev–Trinajstić information content (AvgIpc) is 3.60. The van der Waals surface area contributed by atoms with Gasteiger partial charge < -0.3 is 4.74 Å². The zero-order chi connectivity index (χ0) is 32.0. The Bertz CT molecular complexity index is 2190. The van der Waals surface area contributed by atoms with Gasteiger partial charge in [-0.2, -0.15) is 10.4 Å². The molecule has 2 aromatic heterocycles. The zero-order valence-corrected chi connectivity index (χ0v) is 25.3. The Morgan fingerprint density at radius 2 is 1.21 bits per heavy atom. The Labute approximate surface area is 272 Å². The first-order chi connectivity index (χ1) is 23.2. The molecule has 6 heteroatoms. The van der Waals surface area contributed by atoms with Crippen LogP contribution in [-0.4, -0.2) is 27.2 Å². The number of rotatable bonds is 9. The van der Waals surface area contributed by atoms with Crippen LogP contribution in [0.4, 0.5) is 0 Å². The van der Waals surface area contributed by atoms with E-state index in [9.17, 15) is 10.1 Å². The number of hydrogen-bond acceptors (Lipinski definition) is 5. The van der Waals surface area contributed by atoms with Crippen LogP contribution in [0.25, 0.3) is 50.5 Å². The van der Waals surface area contributed by atoms with Gasteiger partial charge in [0.25, 0.3) is 0 Å². The molecule has 0 bridgehead atoms. The van der Waals surface area contributed by atoms with Crippen LogP contribution in [0.2, 0.25) is 0 Å². The monoisotopic (exact) mass is 608 g/mol. The Morgan fingerprint density at radius 3 is 1.83 bits per heavy atom.